The van der Waals surface area contributed by atoms with Crippen LogP contribution in [0.25, 0.3) is 0 Å². The van der Waals surface area contributed by atoms with Gasteiger partial charge in [0.05, 0.1) is 0 Å². The summed E-state index contributed by atoms with van der Waals surface area (Å²) in [5.74, 6) is -2.55. The van der Waals surface area contributed by atoms with Crippen molar-refractivity contribution in [3.05, 3.63) is 68.7 Å². The third-order valence-corrected chi connectivity index (χ3v) is 3.76. The van der Waals surface area contributed by atoms with Gasteiger partial charge < -0.3 is 4.90 Å². The van der Waals surface area contributed by atoms with Gasteiger partial charge in [-0.2, -0.15) is 0 Å². The van der Waals surface area contributed by atoms with Crippen molar-refractivity contribution < 1.29 is 13.6 Å². The quantitative estimate of drug-likeness (QED) is 0.765. The summed E-state index contributed by atoms with van der Waals surface area (Å²) in [4.78, 5) is 13.4. The highest BCUT2D eigenvalue weighted by Gasteiger charge is 2.22. The summed E-state index contributed by atoms with van der Waals surface area (Å²) in [7, 11) is 1.46. The Morgan fingerprint density at radius 3 is 2.38 bits per heavy atom. The molecule has 0 saturated carbocycles. The second-order valence-corrected chi connectivity index (χ2v) is 5.82. The lowest BCUT2D eigenvalue weighted by Gasteiger charge is -2.19. The minimum absolute atomic E-state index is 0.160. The van der Waals surface area contributed by atoms with Crippen LogP contribution in [0.4, 0.5) is 8.78 Å². The van der Waals surface area contributed by atoms with E-state index in [0.717, 1.165) is 12.1 Å². The van der Waals surface area contributed by atoms with Gasteiger partial charge >= 0.3 is 0 Å². The van der Waals surface area contributed by atoms with Gasteiger partial charge in [0.1, 0.15) is 17.2 Å². The average molecular weight is 375 g/mol. The van der Waals surface area contributed by atoms with E-state index in [4.69, 9.17) is 11.6 Å². The Labute approximate surface area is 134 Å². The summed E-state index contributed by atoms with van der Waals surface area (Å²) in [5, 5.41) is 0.494. The van der Waals surface area contributed by atoms with E-state index in [1.54, 1.807) is 24.3 Å². The maximum absolute atomic E-state index is 13.8. The highest BCUT2D eigenvalue weighted by atomic mass is 79.9. The van der Waals surface area contributed by atoms with Crippen LogP contribution in [0.2, 0.25) is 5.02 Å². The molecule has 0 spiro atoms. The summed E-state index contributed by atoms with van der Waals surface area (Å²) in [5.41, 5.74) is 0.126. The van der Waals surface area contributed by atoms with Crippen LogP contribution in [0.3, 0.4) is 0 Å². The molecule has 0 atom stereocenters. The molecule has 2 rings (SSSR count). The molecule has 0 radical (unpaired) electrons. The standard InChI is InChI=1S/C15H11BrClF2NO/c1-20(8-9-4-2-3-5-11(9)17)15(21)14-12(18)6-10(16)7-13(14)19/h2-7H,8H2,1H3. The Hall–Kier alpha value is -1.46. The summed E-state index contributed by atoms with van der Waals surface area (Å²) in [6.45, 7) is 0.160. The summed E-state index contributed by atoms with van der Waals surface area (Å²) in [6.07, 6.45) is 0. The molecule has 2 aromatic rings. The van der Waals surface area contributed by atoms with Crippen molar-refractivity contribution in [1.29, 1.82) is 0 Å². The third kappa shape index (κ3) is 3.60. The van der Waals surface area contributed by atoms with E-state index in [1.165, 1.54) is 11.9 Å². The lowest BCUT2D eigenvalue weighted by molar-refractivity contribution is 0.0775. The molecule has 0 N–H and O–H groups in total. The van der Waals surface area contributed by atoms with Crippen molar-refractivity contribution in [2.24, 2.45) is 0 Å². The van der Waals surface area contributed by atoms with Crippen molar-refractivity contribution in [2.45, 2.75) is 6.54 Å². The number of halogens is 4. The van der Waals surface area contributed by atoms with Crippen molar-refractivity contribution >= 4 is 33.4 Å². The van der Waals surface area contributed by atoms with E-state index >= 15 is 0 Å². The Balaban J connectivity index is 2.26. The molecular weight excluding hydrogens is 364 g/mol. The maximum atomic E-state index is 13.8. The van der Waals surface area contributed by atoms with Crippen LogP contribution in [-0.4, -0.2) is 17.9 Å². The van der Waals surface area contributed by atoms with Crippen molar-refractivity contribution in [3.8, 4) is 0 Å². The van der Waals surface area contributed by atoms with Crippen LogP contribution in [0.15, 0.2) is 40.9 Å². The first kappa shape index (κ1) is 15.9. The van der Waals surface area contributed by atoms with Crippen LogP contribution < -0.4 is 0 Å². The van der Waals surface area contributed by atoms with E-state index in [1.807, 2.05) is 0 Å². The van der Waals surface area contributed by atoms with Gasteiger partial charge in [-0.25, -0.2) is 8.78 Å². The summed E-state index contributed by atoms with van der Waals surface area (Å²) in [6, 6.07) is 9.09. The van der Waals surface area contributed by atoms with Gasteiger partial charge in [0.15, 0.2) is 0 Å². The zero-order valence-corrected chi connectivity index (χ0v) is 13.4. The number of nitrogens with zero attached hydrogens (tertiary/aromatic N) is 1. The average Bonchev–Trinajstić information content (AvgIpc) is 2.40. The number of rotatable bonds is 3. The zero-order chi connectivity index (χ0) is 15.6. The van der Waals surface area contributed by atoms with Gasteiger partial charge in [-0.05, 0) is 23.8 Å². The number of hydrogen-bond donors (Lipinski definition) is 0. The Kier molecular flexibility index (Phi) is 4.96. The van der Waals surface area contributed by atoms with Crippen LogP contribution in [0.5, 0.6) is 0 Å². The van der Waals surface area contributed by atoms with E-state index in [9.17, 15) is 13.6 Å². The SMILES string of the molecule is CN(Cc1ccccc1Cl)C(=O)c1c(F)cc(Br)cc1F. The lowest BCUT2D eigenvalue weighted by Crippen LogP contribution is -2.28. The van der Waals surface area contributed by atoms with Crippen LogP contribution in [-0.2, 0) is 6.54 Å². The zero-order valence-electron chi connectivity index (χ0n) is 11.0. The molecular formula is C15H11BrClF2NO. The second-order valence-electron chi connectivity index (χ2n) is 4.50. The molecule has 0 saturated heterocycles. The largest absolute Gasteiger partial charge is 0.337 e. The molecule has 0 aliphatic carbocycles. The number of amides is 1. The van der Waals surface area contributed by atoms with Crippen molar-refractivity contribution in [3.63, 3.8) is 0 Å². The van der Waals surface area contributed by atoms with Gasteiger partial charge in [-0.15, -0.1) is 0 Å². The number of hydrogen-bond acceptors (Lipinski definition) is 1. The van der Waals surface area contributed by atoms with Gasteiger partial charge in [-0.1, -0.05) is 45.7 Å². The molecule has 2 nitrogen and oxygen atoms in total. The van der Waals surface area contributed by atoms with Gasteiger partial charge in [0, 0.05) is 23.1 Å². The lowest BCUT2D eigenvalue weighted by atomic mass is 10.1. The molecule has 0 fully saturated rings. The van der Waals surface area contributed by atoms with Gasteiger partial charge in [-0.3, -0.25) is 4.79 Å². The maximum Gasteiger partial charge on any atom is 0.259 e. The Morgan fingerprint density at radius 2 is 1.81 bits per heavy atom. The van der Waals surface area contributed by atoms with Gasteiger partial charge in [0.2, 0.25) is 0 Å². The molecule has 0 aromatic heterocycles. The van der Waals surface area contributed by atoms with E-state index < -0.39 is 23.1 Å². The normalized spacial score (nSPS) is 10.5. The highest BCUT2D eigenvalue weighted by molar-refractivity contribution is 9.10. The Bertz CT molecular complexity index is 670. The topological polar surface area (TPSA) is 20.3 Å². The molecule has 0 aliphatic rings. The first-order chi connectivity index (χ1) is 9.90. The monoisotopic (exact) mass is 373 g/mol. The number of carbonyl (C=O) groups excluding carboxylic acids is 1. The van der Waals surface area contributed by atoms with E-state index in [-0.39, 0.29) is 11.0 Å². The molecule has 6 heteroatoms. The van der Waals surface area contributed by atoms with E-state index in [2.05, 4.69) is 15.9 Å². The molecule has 110 valence electrons. The second kappa shape index (κ2) is 6.54. The smallest absolute Gasteiger partial charge is 0.259 e. The highest BCUT2D eigenvalue weighted by Crippen LogP contribution is 2.22. The molecule has 0 bridgehead atoms. The molecule has 0 aliphatic heterocycles. The predicted octanol–water partition coefficient (Wildman–Crippen LogP) is 4.65. The minimum Gasteiger partial charge on any atom is -0.337 e. The summed E-state index contributed by atoms with van der Waals surface area (Å²) < 4.78 is 27.8. The van der Waals surface area contributed by atoms with Crippen molar-refractivity contribution in [1.82, 2.24) is 4.90 Å². The number of benzene rings is 2. The fourth-order valence-electron chi connectivity index (χ4n) is 1.89. The molecule has 21 heavy (non-hydrogen) atoms. The number of carbonyl (C=O) groups is 1. The van der Waals surface area contributed by atoms with Crippen LogP contribution in [0.1, 0.15) is 15.9 Å². The summed E-state index contributed by atoms with van der Waals surface area (Å²) >= 11 is 8.98. The van der Waals surface area contributed by atoms with E-state index in [0.29, 0.717) is 10.6 Å². The molecule has 1 amide bonds. The predicted molar refractivity (Wildman–Crippen MR) is 81.3 cm³/mol. The van der Waals surface area contributed by atoms with Crippen molar-refractivity contribution in [2.75, 3.05) is 7.05 Å². The Morgan fingerprint density at radius 1 is 1.24 bits per heavy atom. The van der Waals surface area contributed by atoms with Gasteiger partial charge in [0.25, 0.3) is 5.91 Å². The molecule has 0 unspecified atom stereocenters. The van der Waals surface area contributed by atoms with Crippen LogP contribution in [0, 0.1) is 11.6 Å². The fourth-order valence-corrected chi connectivity index (χ4v) is 2.49. The first-order valence-electron chi connectivity index (χ1n) is 6.03. The van der Waals surface area contributed by atoms with Crippen LogP contribution >= 0.6 is 27.5 Å². The molecule has 2 aromatic carbocycles. The first-order valence-corrected chi connectivity index (χ1v) is 7.20. The minimum atomic E-state index is -0.905. The fraction of sp³-hybridized carbons (Fsp3) is 0.133. The molecule has 0 heterocycles. The third-order valence-electron chi connectivity index (χ3n) is 2.93.